The highest BCUT2D eigenvalue weighted by Crippen LogP contribution is 2.19. The second-order valence-electron chi connectivity index (χ2n) is 4.33. The van der Waals surface area contributed by atoms with Gasteiger partial charge in [0.05, 0.1) is 6.67 Å². The highest BCUT2D eigenvalue weighted by molar-refractivity contribution is 14.1. The summed E-state index contributed by atoms with van der Waals surface area (Å²) in [6, 6.07) is 8.11. The fourth-order valence-corrected chi connectivity index (χ4v) is 2.44. The van der Waals surface area contributed by atoms with Gasteiger partial charge in [0.25, 0.3) is 0 Å². The molecular formula is C13H17FINO. The molecule has 0 saturated carbocycles. The van der Waals surface area contributed by atoms with Gasteiger partial charge in [-0.25, -0.2) is 0 Å². The van der Waals surface area contributed by atoms with Gasteiger partial charge in [0, 0.05) is 23.2 Å². The number of ether oxygens (including phenoxy) is 1. The van der Waals surface area contributed by atoms with E-state index in [1.165, 1.54) is 3.57 Å². The maximum Gasteiger partial charge on any atom is 0.119 e. The van der Waals surface area contributed by atoms with Gasteiger partial charge in [0.1, 0.15) is 11.9 Å². The summed E-state index contributed by atoms with van der Waals surface area (Å²) in [5, 5.41) is 0. The normalized spacial score (nSPS) is 20.7. The van der Waals surface area contributed by atoms with E-state index in [4.69, 9.17) is 4.74 Å². The maximum atomic E-state index is 12.1. The first-order chi connectivity index (χ1) is 8.28. The summed E-state index contributed by atoms with van der Waals surface area (Å²) >= 11 is 2.28. The van der Waals surface area contributed by atoms with Crippen molar-refractivity contribution in [1.29, 1.82) is 0 Å². The van der Waals surface area contributed by atoms with Crippen LogP contribution in [0.15, 0.2) is 24.3 Å². The molecule has 0 aliphatic carbocycles. The molecule has 1 heterocycles. The lowest BCUT2D eigenvalue weighted by atomic mass is 10.3. The molecule has 1 aromatic carbocycles. The molecule has 0 amide bonds. The molecule has 1 fully saturated rings. The van der Waals surface area contributed by atoms with Gasteiger partial charge >= 0.3 is 0 Å². The van der Waals surface area contributed by atoms with E-state index in [-0.39, 0.29) is 12.8 Å². The smallest absolute Gasteiger partial charge is 0.119 e. The molecule has 0 radical (unpaired) electrons. The first kappa shape index (κ1) is 13.1. The quantitative estimate of drug-likeness (QED) is 0.758. The van der Waals surface area contributed by atoms with Crippen molar-refractivity contribution in [2.45, 2.75) is 18.9 Å². The third-order valence-corrected chi connectivity index (χ3v) is 3.67. The molecule has 0 aromatic heterocycles. The monoisotopic (exact) mass is 349 g/mol. The Hall–Kier alpha value is -0.360. The molecule has 4 heteroatoms. The second kappa shape index (κ2) is 6.54. The Morgan fingerprint density at radius 2 is 2.12 bits per heavy atom. The van der Waals surface area contributed by atoms with Crippen molar-refractivity contribution in [2.75, 3.05) is 26.3 Å². The zero-order valence-corrected chi connectivity index (χ0v) is 11.9. The highest BCUT2D eigenvalue weighted by Gasteiger charge is 2.23. The Morgan fingerprint density at radius 3 is 2.82 bits per heavy atom. The molecule has 1 saturated heterocycles. The predicted octanol–water partition coefficient (Wildman–Crippen LogP) is 3.10. The van der Waals surface area contributed by atoms with E-state index in [0.29, 0.717) is 6.42 Å². The van der Waals surface area contributed by atoms with Crippen molar-refractivity contribution < 1.29 is 9.13 Å². The zero-order valence-electron chi connectivity index (χ0n) is 9.74. The van der Waals surface area contributed by atoms with E-state index < -0.39 is 0 Å². The molecule has 17 heavy (non-hydrogen) atoms. The summed E-state index contributed by atoms with van der Waals surface area (Å²) in [5.74, 6) is 0.933. The van der Waals surface area contributed by atoms with Gasteiger partial charge in [0.2, 0.25) is 0 Å². The Labute approximate surface area is 115 Å². The van der Waals surface area contributed by atoms with Crippen LogP contribution in [0.3, 0.4) is 0 Å². The number of hydrogen-bond donors (Lipinski definition) is 0. The highest BCUT2D eigenvalue weighted by atomic mass is 127. The fourth-order valence-electron chi connectivity index (χ4n) is 2.09. The number of alkyl halides is 1. The number of halogens is 2. The van der Waals surface area contributed by atoms with E-state index in [0.717, 1.165) is 31.8 Å². The van der Waals surface area contributed by atoms with Crippen molar-refractivity contribution in [3.8, 4) is 5.75 Å². The average molecular weight is 349 g/mol. The van der Waals surface area contributed by atoms with Gasteiger partial charge in [-0.1, -0.05) is 0 Å². The average Bonchev–Trinajstić information content (AvgIpc) is 2.77. The molecule has 2 rings (SSSR count). The van der Waals surface area contributed by atoms with Gasteiger partial charge in [-0.15, -0.1) is 0 Å². The lowest BCUT2D eigenvalue weighted by molar-refractivity contribution is 0.198. The first-order valence-electron chi connectivity index (χ1n) is 5.98. The van der Waals surface area contributed by atoms with Gasteiger partial charge in [-0.2, -0.15) is 0 Å². The lowest BCUT2D eigenvalue weighted by Crippen LogP contribution is -2.26. The van der Waals surface area contributed by atoms with Crippen LogP contribution in [0, 0.1) is 3.57 Å². The number of rotatable bonds is 5. The van der Waals surface area contributed by atoms with Crippen LogP contribution in [0.4, 0.5) is 4.39 Å². The second-order valence-corrected chi connectivity index (χ2v) is 5.57. The molecule has 0 bridgehead atoms. The minimum absolute atomic E-state index is 0.223. The molecule has 0 spiro atoms. The third-order valence-electron chi connectivity index (χ3n) is 2.95. The van der Waals surface area contributed by atoms with Gasteiger partial charge in [-0.3, -0.25) is 9.29 Å². The van der Waals surface area contributed by atoms with Crippen LogP contribution in [-0.2, 0) is 0 Å². The zero-order chi connectivity index (χ0) is 12.1. The Morgan fingerprint density at radius 1 is 1.35 bits per heavy atom. The van der Waals surface area contributed by atoms with Crippen LogP contribution in [0.1, 0.15) is 12.8 Å². The van der Waals surface area contributed by atoms with Crippen molar-refractivity contribution in [2.24, 2.45) is 0 Å². The van der Waals surface area contributed by atoms with Gasteiger partial charge in [-0.05, 0) is 59.7 Å². The molecule has 1 aliphatic rings. The van der Waals surface area contributed by atoms with Crippen molar-refractivity contribution >= 4 is 22.6 Å². The minimum Gasteiger partial charge on any atom is -0.489 e. The van der Waals surface area contributed by atoms with Crippen LogP contribution < -0.4 is 4.74 Å². The molecule has 0 N–H and O–H groups in total. The molecular weight excluding hydrogens is 332 g/mol. The van der Waals surface area contributed by atoms with Crippen molar-refractivity contribution in [1.82, 2.24) is 4.90 Å². The molecule has 1 unspecified atom stereocenters. The van der Waals surface area contributed by atoms with E-state index in [2.05, 4.69) is 27.5 Å². The Bertz CT molecular complexity index is 344. The molecule has 1 atom stereocenters. The van der Waals surface area contributed by atoms with Crippen LogP contribution >= 0.6 is 22.6 Å². The summed E-state index contributed by atoms with van der Waals surface area (Å²) in [6.07, 6.45) is 1.93. The largest absolute Gasteiger partial charge is 0.489 e. The Balaban J connectivity index is 1.79. The van der Waals surface area contributed by atoms with E-state index in [1.54, 1.807) is 0 Å². The van der Waals surface area contributed by atoms with Crippen LogP contribution in [0.25, 0.3) is 0 Å². The maximum absolute atomic E-state index is 12.1. The summed E-state index contributed by atoms with van der Waals surface area (Å²) in [7, 11) is 0. The predicted molar refractivity (Wildman–Crippen MR) is 75.2 cm³/mol. The summed E-state index contributed by atoms with van der Waals surface area (Å²) in [4.78, 5) is 2.27. The number of nitrogens with zero attached hydrogens (tertiary/aromatic N) is 1. The van der Waals surface area contributed by atoms with E-state index in [9.17, 15) is 4.39 Å². The topological polar surface area (TPSA) is 12.5 Å². The van der Waals surface area contributed by atoms with Crippen LogP contribution in [-0.4, -0.2) is 37.3 Å². The molecule has 2 nitrogen and oxygen atoms in total. The van der Waals surface area contributed by atoms with Crippen molar-refractivity contribution in [3.63, 3.8) is 0 Å². The van der Waals surface area contributed by atoms with E-state index in [1.807, 2.05) is 24.3 Å². The van der Waals surface area contributed by atoms with Gasteiger partial charge in [0.15, 0.2) is 0 Å². The standard InChI is InChI=1S/C13H17FINO/c14-7-1-8-16-9-6-13(10-16)17-12-4-2-11(15)3-5-12/h2-5,13H,1,6-10H2. The van der Waals surface area contributed by atoms with Crippen LogP contribution in [0.5, 0.6) is 5.75 Å². The third kappa shape index (κ3) is 4.10. The first-order valence-corrected chi connectivity index (χ1v) is 7.06. The Kier molecular flexibility index (Phi) is 5.03. The van der Waals surface area contributed by atoms with Crippen molar-refractivity contribution in [3.05, 3.63) is 27.8 Å². The molecule has 1 aromatic rings. The molecule has 94 valence electrons. The number of hydrogen-bond acceptors (Lipinski definition) is 2. The van der Waals surface area contributed by atoms with Crippen LogP contribution in [0.2, 0.25) is 0 Å². The summed E-state index contributed by atoms with van der Waals surface area (Å²) < 4.78 is 19.2. The SMILES string of the molecule is FCCCN1CCC(Oc2ccc(I)cc2)C1. The number of likely N-dealkylation sites (tertiary alicyclic amines) is 1. The fraction of sp³-hybridized carbons (Fsp3) is 0.538. The lowest BCUT2D eigenvalue weighted by Gasteiger charge is -2.16. The van der Waals surface area contributed by atoms with Gasteiger partial charge < -0.3 is 4.74 Å². The minimum atomic E-state index is -0.223. The molecule has 1 aliphatic heterocycles. The number of benzene rings is 1. The summed E-state index contributed by atoms with van der Waals surface area (Å²) in [6.45, 7) is 2.57. The summed E-state index contributed by atoms with van der Waals surface area (Å²) in [5.41, 5.74) is 0. The van der Waals surface area contributed by atoms with E-state index >= 15 is 0 Å².